The van der Waals surface area contributed by atoms with Gasteiger partial charge in [0.25, 0.3) is 0 Å². The third-order valence-corrected chi connectivity index (χ3v) is 2.34. The van der Waals surface area contributed by atoms with Gasteiger partial charge in [-0.2, -0.15) is 0 Å². The van der Waals surface area contributed by atoms with Crippen molar-refractivity contribution in [2.24, 2.45) is 5.73 Å². The molecule has 1 aromatic heterocycles. The lowest BCUT2D eigenvalue weighted by Gasteiger charge is -2.08. The van der Waals surface area contributed by atoms with Crippen LogP contribution in [0, 0.1) is 0 Å². The number of hydrogen-bond acceptors (Lipinski definition) is 4. The smallest absolute Gasteiger partial charge is 0.138 e. The minimum Gasteiger partial charge on any atom is -0.398 e. The van der Waals surface area contributed by atoms with Crippen LogP contribution >= 0.6 is 0 Å². The van der Waals surface area contributed by atoms with Gasteiger partial charge in [-0.3, -0.25) is 9.78 Å². The molecule has 0 radical (unpaired) electrons. The first-order chi connectivity index (χ1) is 7.13. The predicted octanol–water partition coefficient (Wildman–Crippen LogP) is 0.903. The van der Waals surface area contributed by atoms with Crippen LogP contribution in [-0.4, -0.2) is 16.8 Å². The molecule has 15 heavy (non-hydrogen) atoms. The van der Waals surface area contributed by atoms with E-state index in [9.17, 15) is 4.79 Å². The molecule has 1 aromatic rings. The molecule has 0 bridgehead atoms. The SMILES string of the molecule is CCC(N)CC(=O)Cc1cnccc1N. The predicted molar refractivity (Wildman–Crippen MR) is 60.2 cm³/mol. The van der Waals surface area contributed by atoms with Crippen LogP contribution in [-0.2, 0) is 11.2 Å². The summed E-state index contributed by atoms with van der Waals surface area (Å²) >= 11 is 0. The lowest BCUT2D eigenvalue weighted by atomic mass is 10.0. The number of anilines is 1. The number of rotatable bonds is 5. The zero-order valence-corrected chi connectivity index (χ0v) is 8.94. The van der Waals surface area contributed by atoms with Crippen molar-refractivity contribution >= 4 is 11.5 Å². The second kappa shape index (κ2) is 5.46. The van der Waals surface area contributed by atoms with E-state index >= 15 is 0 Å². The average molecular weight is 207 g/mol. The first-order valence-electron chi connectivity index (χ1n) is 5.09. The van der Waals surface area contributed by atoms with E-state index in [4.69, 9.17) is 11.5 Å². The number of nitrogens with two attached hydrogens (primary N) is 2. The fraction of sp³-hybridized carbons (Fsp3) is 0.455. The van der Waals surface area contributed by atoms with Gasteiger partial charge in [0, 0.05) is 42.5 Å². The summed E-state index contributed by atoms with van der Waals surface area (Å²) in [5, 5.41) is 0. The zero-order valence-electron chi connectivity index (χ0n) is 8.94. The molecular formula is C11H17N3O. The van der Waals surface area contributed by atoms with Gasteiger partial charge in [-0.1, -0.05) is 6.92 Å². The molecule has 4 nitrogen and oxygen atoms in total. The van der Waals surface area contributed by atoms with E-state index in [0.717, 1.165) is 12.0 Å². The summed E-state index contributed by atoms with van der Waals surface area (Å²) in [7, 11) is 0. The number of nitrogen functional groups attached to an aromatic ring is 1. The van der Waals surface area contributed by atoms with Crippen LogP contribution in [0.4, 0.5) is 5.69 Å². The van der Waals surface area contributed by atoms with Crippen molar-refractivity contribution in [3.8, 4) is 0 Å². The molecule has 4 N–H and O–H groups in total. The van der Waals surface area contributed by atoms with Gasteiger partial charge in [-0.15, -0.1) is 0 Å². The highest BCUT2D eigenvalue weighted by Gasteiger charge is 2.10. The highest BCUT2D eigenvalue weighted by molar-refractivity contribution is 5.82. The van der Waals surface area contributed by atoms with E-state index < -0.39 is 0 Å². The monoisotopic (exact) mass is 207 g/mol. The lowest BCUT2D eigenvalue weighted by molar-refractivity contribution is -0.118. The van der Waals surface area contributed by atoms with E-state index in [0.29, 0.717) is 18.5 Å². The molecule has 0 amide bonds. The van der Waals surface area contributed by atoms with Crippen LogP contribution in [0.1, 0.15) is 25.3 Å². The normalized spacial score (nSPS) is 12.4. The van der Waals surface area contributed by atoms with Crippen LogP contribution in [0.5, 0.6) is 0 Å². The van der Waals surface area contributed by atoms with Crippen LogP contribution < -0.4 is 11.5 Å². The maximum atomic E-state index is 11.6. The van der Waals surface area contributed by atoms with Gasteiger partial charge in [0.05, 0.1) is 0 Å². The Kier molecular flexibility index (Phi) is 4.24. The van der Waals surface area contributed by atoms with Gasteiger partial charge < -0.3 is 11.5 Å². The highest BCUT2D eigenvalue weighted by Crippen LogP contribution is 2.11. The van der Waals surface area contributed by atoms with Gasteiger partial charge in [0.15, 0.2) is 0 Å². The molecule has 0 aliphatic carbocycles. The summed E-state index contributed by atoms with van der Waals surface area (Å²) in [5.41, 5.74) is 12.8. The van der Waals surface area contributed by atoms with E-state index in [-0.39, 0.29) is 11.8 Å². The molecule has 0 aromatic carbocycles. The van der Waals surface area contributed by atoms with E-state index in [1.807, 2.05) is 6.92 Å². The van der Waals surface area contributed by atoms with Crippen molar-refractivity contribution < 1.29 is 4.79 Å². The summed E-state index contributed by atoms with van der Waals surface area (Å²) in [6.45, 7) is 1.97. The Morgan fingerprint density at radius 1 is 1.60 bits per heavy atom. The fourth-order valence-electron chi connectivity index (χ4n) is 1.31. The first-order valence-corrected chi connectivity index (χ1v) is 5.09. The fourth-order valence-corrected chi connectivity index (χ4v) is 1.31. The molecule has 0 saturated carbocycles. The van der Waals surface area contributed by atoms with Crippen LogP contribution in [0.25, 0.3) is 0 Å². The molecule has 82 valence electrons. The number of Topliss-reactive ketones (excluding diaryl/α,β-unsaturated/α-hetero) is 1. The van der Waals surface area contributed by atoms with Gasteiger partial charge >= 0.3 is 0 Å². The molecule has 0 saturated heterocycles. The molecular weight excluding hydrogens is 190 g/mol. The molecule has 0 aliphatic heterocycles. The third kappa shape index (κ3) is 3.67. The molecule has 1 heterocycles. The Hall–Kier alpha value is -1.42. The Labute approximate surface area is 89.7 Å². The minimum absolute atomic E-state index is 0.0459. The lowest BCUT2D eigenvalue weighted by Crippen LogP contribution is -2.23. The van der Waals surface area contributed by atoms with E-state index in [2.05, 4.69) is 4.98 Å². The first kappa shape index (κ1) is 11.7. The second-order valence-electron chi connectivity index (χ2n) is 3.66. The molecule has 0 aliphatic rings. The van der Waals surface area contributed by atoms with Crippen molar-refractivity contribution in [2.75, 3.05) is 5.73 Å². The summed E-state index contributed by atoms with van der Waals surface area (Å²) in [6.07, 6.45) is 4.79. The Balaban J connectivity index is 2.55. The maximum absolute atomic E-state index is 11.6. The number of carbonyl (C=O) groups is 1. The molecule has 1 rings (SSSR count). The average Bonchev–Trinajstić information content (AvgIpc) is 2.21. The largest absolute Gasteiger partial charge is 0.398 e. The Morgan fingerprint density at radius 3 is 2.93 bits per heavy atom. The standard InChI is InChI=1S/C11H17N3O/c1-2-9(12)6-10(15)5-8-7-14-4-3-11(8)13/h3-4,7,9H,2,5-6,12H2,1H3,(H2,13,14). The second-order valence-corrected chi connectivity index (χ2v) is 3.66. The molecule has 4 heteroatoms. The van der Waals surface area contributed by atoms with Crippen molar-refractivity contribution in [1.82, 2.24) is 4.98 Å². The summed E-state index contributed by atoms with van der Waals surface area (Å²) in [5.74, 6) is 0.115. The van der Waals surface area contributed by atoms with Crippen LogP contribution in [0.3, 0.4) is 0 Å². The third-order valence-electron chi connectivity index (χ3n) is 2.34. The number of pyridine rings is 1. The number of nitrogens with zero attached hydrogens (tertiary/aromatic N) is 1. The van der Waals surface area contributed by atoms with Gasteiger partial charge in [-0.05, 0) is 12.5 Å². The van der Waals surface area contributed by atoms with Crippen molar-refractivity contribution in [1.29, 1.82) is 0 Å². The van der Waals surface area contributed by atoms with Crippen LogP contribution in [0.2, 0.25) is 0 Å². The molecule has 0 fully saturated rings. The number of aromatic nitrogens is 1. The van der Waals surface area contributed by atoms with E-state index in [1.165, 1.54) is 0 Å². The summed E-state index contributed by atoms with van der Waals surface area (Å²) in [6, 6.07) is 1.65. The highest BCUT2D eigenvalue weighted by atomic mass is 16.1. The number of hydrogen-bond donors (Lipinski definition) is 2. The Morgan fingerprint density at radius 2 is 2.33 bits per heavy atom. The van der Waals surface area contributed by atoms with Gasteiger partial charge in [0.2, 0.25) is 0 Å². The zero-order chi connectivity index (χ0) is 11.3. The summed E-state index contributed by atoms with van der Waals surface area (Å²) in [4.78, 5) is 15.5. The van der Waals surface area contributed by atoms with Gasteiger partial charge in [-0.25, -0.2) is 0 Å². The molecule has 1 atom stereocenters. The summed E-state index contributed by atoms with van der Waals surface area (Å²) < 4.78 is 0. The quantitative estimate of drug-likeness (QED) is 0.751. The number of ketones is 1. The van der Waals surface area contributed by atoms with E-state index in [1.54, 1.807) is 18.5 Å². The van der Waals surface area contributed by atoms with Gasteiger partial charge in [0.1, 0.15) is 5.78 Å². The maximum Gasteiger partial charge on any atom is 0.138 e. The molecule has 0 spiro atoms. The Bertz CT molecular complexity index is 338. The topological polar surface area (TPSA) is 82.0 Å². The van der Waals surface area contributed by atoms with Crippen LogP contribution in [0.15, 0.2) is 18.5 Å². The minimum atomic E-state index is -0.0459. The number of carbonyl (C=O) groups excluding carboxylic acids is 1. The van der Waals surface area contributed by atoms with Crippen molar-refractivity contribution in [3.63, 3.8) is 0 Å². The van der Waals surface area contributed by atoms with Crippen molar-refractivity contribution in [3.05, 3.63) is 24.0 Å². The van der Waals surface area contributed by atoms with Crippen molar-refractivity contribution in [2.45, 2.75) is 32.2 Å². The molecule has 1 unspecified atom stereocenters.